The summed E-state index contributed by atoms with van der Waals surface area (Å²) in [6.45, 7) is 0. The number of nitrogens with one attached hydrogen (secondary N) is 2. The molecule has 0 amide bonds. The molecule has 0 unspecified atom stereocenters. The van der Waals surface area contributed by atoms with Crippen LogP contribution in [0.1, 0.15) is 22.8 Å². The van der Waals surface area contributed by atoms with Crippen LogP contribution in [0.15, 0.2) is 43.8 Å². The normalized spacial score (nSPS) is 12.0. The van der Waals surface area contributed by atoms with Gasteiger partial charge in [-0.15, -0.1) is 47.0 Å². The number of benzene rings is 4. The van der Waals surface area contributed by atoms with E-state index < -0.39 is 249 Å². The molecule has 2 aliphatic heterocycles. The van der Waals surface area contributed by atoms with E-state index in [2.05, 4.69) is 19.9 Å². The van der Waals surface area contributed by atoms with Crippen molar-refractivity contribution in [2.24, 2.45) is 0 Å². The van der Waals surface area contributed by atoms with E-state index in [4.69, 9.17) is 20.4 Å². The maximum absolute atomic E-state index is 16.7. The number of hydrogen-bond acceptors (Lipinski definition) is 10. The molecule has 0 saturated heterocycles. The van der Waals surface area contributed by atoms with Crippen LogP contribution in [0.25, 0.3) is 90.9 Å². The molecule has 12 nitrogen and oxygen atoms in total. The first-order valence-corrected chi connectivity index (χ1v) is 26.6. The first kappa shape index (κ1) is 60.2. The van der Waals surface area contributed by atoms with Crippen LogP contribution in [0, 0.1) is 93.1 Å². The Hall–Kier alpha value is -8.36. The molecule has 84 heavy (non-hydrogen) atoms. The summed E-state index contributed by atoms with van der Waals surface area (Å²) >= 11 is -0.978. The van der Waals surface area contributed by atoms with Crippen LogP contribution in [0.5, 0.6) is 0 Å². The average molecular weight is 1260 g/mol. The minimum Gasteiger partial charge on any atom is -0.481 e. The standard InChI is InChI=1S/C52H22F16N4O8S4/c53-33-29(34(54)42(62)49(41(33)61)81-9-21(73)74)25-13-1-2-14(69-13)26(30-35(55)43(63)50(44(64)36(30)56)82-10-22(75)76)16-5-6-18(71-16)28(32-39(59)47(67)52(48(68)40(32)60)84-12-24(79)80)20-8-7-19(72-20)27(17-4-3-15(25)70-17)31-37(57)45(65)51(46(66)38(31)58)83-11-23(77)78/h1-8,69,72H,9-12H2,(H,73,74)(H,75,76)(H,77,78)(H,79,80). The molecule has 4 aromatic carbocycles. The molecule has 434 valence electrons. The number of carboxylic acid groups (broad SMARTS) is 4. The lowest BCUT2D eigenvalue weighted by atomic mass is 10.0. The van der Waals surface area contributed by atoms with Crippen molar-refractivity contribution >= 4 is 117 Å². The summed E-state index contributed by atoms with van der Waals surface area (Å²) in [6.07, 6.45) is 2.66. The monoisotopic (exact) mass is 1260 g/mol. The van der Waals surface area contributed by atoms with Crippen LogP contribution in [-0.4, -0.2) is 87.3 Å². The van der Waals surface area contributed by atoms with Gasteiger partial charge in [-0.1, -0.05) is 0 Å². The molecule has 7 aromatic rings. The van der Waals surface area contributed by atoms with E-state index in [0.717, 1.165) is 0 Å². The number of aliphatic carboxylic acids is 4. The van der Waals surface area contributed by atoms with Crippen molar-refractivity contribution in [1.29, 1.82) is 0 Å². The number of halogens is 16. The fraction of sp³-hybridized carbons (Fsp3) is 0.0769. The van der Waals surface area contributed by atoms with E-state index in [9.17, 15) is 19.2 Å². The molecular weight excluding hydrogens is 1240 g/mol. The molecule has 0 spiro atoms. The van der Waals surface area contributed by atoms with Crippen molar-refractivity contribution in [3.05, 3.63) is 140 Å². The summed E-state index contributed by atoms with van der Waals surface area (Å²) in [5.74, 6) is -48.5. The van der Waals surface area contributed by atoms with Crippen molar-refractivity contribution in [3.8, 4) is 44.5 Å². The molecule has 9 rings (SSSR count). The lowest BCUT2D eigenvalue weighted by molar-refractivity contribution is -0.134. The summed E-state index contributed by atoms with van der Waals surface area (Å²) in [4.78, 5) is 52.1. The SMILES string of the molecule is O=C(O)CSc1c(F)c(F)c(-c2c3nc(c(-c4c(F)c(F)c(SCC(=O)O)c(F)c4F)c4ccc([nH]4)c(-c4c(F)c(F)c(SCC(=O)O)c(F)c4F)c4nc(c(-c5c(F)c(F)c(SCC(=O)O)c(F)c5F)c5ccc2[nH]5)C=C4)C=C3)c(F)c1F. The molecule has 6 N–H and O–H groups in total. The van der Waals surface area contributed by atoms with Gasteiger partial charge in [0.25, 0.3) is 0 Å². The third kappa shape index (κ3) is 10.6. The number of carbonyl (C=O) groups is 4. The van der Waals surface area contributed by atoms with Crippen molar-refractivity contribution in [1.82, 2.24) is 19.9 Å². The third-order valence-corrected chi connectivity index (χ3v) is 16.2. The fourth-order valence-electron chi connectivity index (χ4n) is 8.62. The lowest BCUT2D eigenvalue weighted by Crippen LogP contribution is -2.07. The van der Waals surface area contributed by atoms with Gasteiger partial charge in [0.1, 0.15) is 0 Å². The Morgan fingerprint density at radius 1 is 0.298 bits per heavy atom. The van der Waals surface area contributed by atoms with Crippen LogP contribution in [0.3, 0.4) is 0 Å². The molecule has 8 bridgehead atoms. The largest absolute Gasteiger partial charge is 0.481 e. The summed E-state index contributed by atoms with van der Waals surface area (Å²) in [5.41, 5.74) is -19.4. The van der Waals surface area contributed by atoms with Crippen LogP contribution in [0.2, 0.25) is 0 Å². The minimum atomic E-state index is -2.34. The van der Waals surface area contributed by atoms with Gasteiger partial charge in [0.2, 0.25) is 0 Å². The van der Waals surface area contributed by atoms with Gasteiger partial charge < -0.3 is 30.4 Å². The Morgan fingerprint density at radius 2 is 0.464 bits per heavy atom. The van der Waals surface area contributed by atoms with Gasteiger partial charge in [-0.2, -0.15) is 0 Å². The molecule has 0 radical (unpaired) electrons. The summed E-state index contributed by atoms with van der Waals surface area (Å²) in [7, 11) is 0. The fourth-order valence-corrected chi connectivity index (χ4v) is 11.4. The van der Waals surface area contributed by atoms with Crippen molar-refractivity contribution in [2.75, 3.05) is 23.0 Å². The van der Waals surface area contributed by atoms with E-state index in [1.807, 2.05) is 0 Å². The highest BCUT2D eigenvalue weighted by atomic mass is 32.2. The number of rotatable bonds is 16. The molecule has 0 aliphatic carbocycles. The number of carboxylic acids is 4. The zero-order valence-electron chi connectivity index (χ0n) is 40.4. The van der Waals surface area contributed by atoms with Gasteiger partial charge in [0, 0.05) is 44.3 Å². The van der Waals surface area contributed by atoms with Crippen LogP contribution in [0.4, 0.5) is 70.2 Å². The summed E-state index contributed by atoms with van der Waals surface area (Å²) < 4.78 is 262. The molecular formula is C52H22F16N4O8S4. The van der Waals surface area contributed by atoms with E-state index in [-0.39, 0.29) is 47.0 Å². The zero-order chi connectivity index (χ0) is 61.2. The molecule has 0 fully saturated rings. The minimum absolute atomic E-state index is 0.244. The predicted molar refractivity (Wildman–Crippen MR) is 273 cm³/mol. The Kier molecular flexibility index (Phi) is 16.7. The summed E-state index contributed by atoms with van der Waals surface area (Å²) in [5, 5.41) is 36.7. The van der Waals surface area contributed by atoms with Gasteiger partial charge >= 0.3 is 23.9 Å². The van der Waals surface area contributed by atoms with Gasteiger partial charge in [-0.3, -0.25) is 19.2 Å². The Bertz CT molecular complexity index is 3700. The van der Waals surface area contributed by atoms with Crippen molar-refractivity contribution < 1.29 is 110 Å². The Morgan fingerprint density at radius 3 is 0.619 bits per heavy atom. The van der Waals surface area contributed by atoms with Crippen molar-refractivity contribution in [2.45, 2.75) is 19.6 Å². The second-order valence-corrected chi connectivity index (χ2v) is 21.0. The number of fused-ring (bicyclic) bond motifs is 8. The average Bonchev–Trinajstić information content (AvgIpc) is 1.75. The quantitative estimate of drug-likeness (QED) is 0.0302. The maximum atomic E-state index is 16.7. The number of aromatic amines is 2. The molecule has 32 heteroatoms. The lowest BCUT2D eigenvalue weighted by Gasteiger charge is -2.14. The number of nitrogens with zero attached hydrogens (tertiary/aromatic N) is 2. The number of aromatic nitrogens is 4. The Balaban J connectivity index is 1.54. The Labute approximate surface area is 472 Å². The maximum Gasteiger partial charge on any atom is 0.313 e. The predicted octanol–water partition coefficient (Wildman–Crippen LogP) is 14.3. The third-order valence-electron chi connectivity index (χ3n) is 12.0. The molecule has 0 saturated carbocycles. The second-order valence-electron chi connectivity index (χ2n) is 17.1. The van der Waals surface area contributed by atoms with Crippen LogP contribution < -0.4 is 0 Å². The van der Waals surface area contributed by atoms with Crippen LogP contribution >= 0.6 is 47.0 Å². The number of hydrogen-bond donors (Lipinski definition) is 6. The smallest absolute Gasteiger partial charge is 0.313 e. The highest BCUT2D eigenvalue weighted by Gasteiger charge is 2.36. The first-order valence-electron chi connectivity index (χ1n) is 22.7. The molecule has 2 aliphatic rings. The number of thioether (sulfide) groups is 4. The molecule has 3 aromatic heterocycles. The summed E-state index contributed by atoms with van der Waals surface area (Å²) in [6, 6.07) is 2.77. The van der Waals surface area contributed by atoms with E-state index >= 15 is 70.2 Å². The van der Waals surface area contributed by atoms with E-state index in [1.54, 1.807) is 0 Å². The highest BCUT2D eigenvalue weighted by Crippen LogP contribution is 2.47. The highest BCUT2D eigenvalue weighted by molar-refractivity contribution is 8.00. The first-order chi connectivity index (χ1) is 39.7. The van der Waals surface area contributed by atoms with Gasteiger partial charge in [0.15, 0.2) is 93.1 Å². The van der Waals surface area contributed by atoms with Gasteiger partial charge in [-0.05, 0) is 48.6 Å². The molecule has 5 heterocycles. The van der Waals surface area contributed by atoms with E-state index in [1.165, 1.54) is 0 Å². The van der Waals surface area contributed by atoms with Gasteiger partial charge in [0.05, 0.1) is 87.6 Å². The zero-order valence-corrected chi connectivity index (χ0v) is 43.7. The number of H-pyrrole nitrogens is 2. The van der Waals surface area contributed by atoms with Gasteiger partial charge in [-0.25, -0.2) is 80.2 Å². The van der Waals surface area contributed by atoms with Crippen molar-refractivity contribution in [3.63, 3.8) is 0 Å². The van der Waals surface area contributed by atoms with E-state index in [0.29, 0.717) is 48.6 Å². The second kappa shape index (κ2) is 23.4. The van der Waals surface area contributed by atoms with Crippen LogP contribution in [-0.2, 0) is 19.2 Å². The topological polar surface area (TPSA) is 207 Å². The molecule has 0 atom stereocenters.